The number of halogens is 3. The molecule has 8 nitrogen and oxygen atoms in total. The zero-order valence-corrected chi connectivity index (χ0v) is 21.7. The van der Waals surface area contributed by atoms with Crippen LogP contribution in [0.25, 0.3) is 0 Å². The van der Waals surface area contributed by atoms with Crippen LogP contribution in [0.3, 0.4) is 0 Å². The van der Waals surface area contributed by atoms with E-state index < -0.39 is 17.3 Å². The standard InChI is InChI=1S/C28H33F3N4O4/c29-28(30,31)20-10-22-14-33(6-7-35(22)27(37)11-20)15-23(36)9-19-13-34(21-4-8-38-17-21)16-26(19)39-25-2-1-18-3-5-32-12-24(18)25/h3,5,10-12,19,21,25-26H,1-2,4,6-9,13-17H2/t19?,21?,25?,26-/m0/s1. The SMILES string of the molecule is O=C(CC1CN(C2CCOC2)C[C@@H]1OC1CCc2ccncc21)CN1CCn2c(cc(C(F)(F)F)cc2=O)C1. The second-order valence-corrected chi connectivity index (χ2v) is 11.2. The van der Waals surface area contributed by atoms with E-state index in [2.05, 4.69) is 9.88 Å². The average molecular weight is 547 g/mol. The summed E-state index contributed by atoms with van der Waals surface area (Å²) < 4.78 is 53.4. The number of rotatable bonds is 7. The van der Waals surface area contributed by atoms with Gasteiger partial charge in [-0.05, 0) is 37.0 Å². The molecule has 6 rings (SSSR count). The molecule has 3 aliphatic heterocycles. The molecular weight excluding hydrogens is 513 g/mol. The maximum atomic E-state index is 13.3. The van der Waals surface area contributed by atoms with Gasteiger partial charge in [-0.15, -0.1) is 0 Å². The largest absolute Gasteiger partial charge is 0.416 e. The number of alkyl halides is 3. The Morgan fingerprint density at radius 2 is 2.05 bits per heavy atom. The minimum absolute atomic E-state index is 0.0235. The number of aromatic nitrogens is 2. The van der Waals surface area contributed by atoms with Crippen LogP contribution in [-0.2, 0) is 40.0 Å². The number of aryl methyl sites for hydroxylation is 1. The van der Waals surface area contributed by atoms with Gasteiger partial charge in [0.1, 0.15) is 5.78 Å². The fraction of sp³-hybridized carbons (Fsp3) is 0.607. The molecule has 0 spiro atoms. The van der Waals surface area contributed by atoms with Crippen LogP contribution in [0.4, 0.5) is 13.2 Å². The summed E-state index contributed by atoms with van der Waals surface area (Å²) in [4.78, 5) is 34.0. The Morgan fingerprint density at radius 1 is 1.18 bits per heavy atom. The number of ketones is 1. The van der Waals surface area contributed by atoms with E-state index in [1.165, 1.54) is 10.1 Å². The molecule has 2 fully saturated rings. The number of nitrogens with zero attached hydrogens (tertiary/aromatic N) is 4. The lowest BCUT2D eigenvalue weighted by atomic mass is 9.98. The first kappa shape index (κ1) is 26.6. The number of pyridine rings is 2. The quantitative estimate of drug-likeness (QED) is 0.529. The van der Waals surface area contributed by atoms with Gasteiger partial charge in [0.15, 0.2) is 0 Å². The Labute approximate surface area is 224 Å². The Balaban J connectivity index is 1.12. The zero-order chi connectivity index (χ0) is 27.1. The van der Waals surface area contributed by atoms with Gasteiger partial charge in [0.25, 0.3) is 5.56 Å². The first-order chi connectivity index (χ1) is 18.7. The summed E-state index contributed by atoms with van der Waals surface area (Å²) in [7, 11) is 0. The van der Waals surface area contributed by atoms with Gasteiger partial charge in [-0.25, -0.2) is 0 Å². The lowest BCUT2D eigenvalue weighted by Gasteiger charge is -2.30. The minimum Gasteiger partial charge on any atom is -0.380 e. The van der Waals surface area contributed by atoms with E-state index in [9.17, 15) is 22.8 Å². The van der Waals surface area contributed by atoms with Gasteiger partial charge >= 0.3 is 6.18 Å². The number of ether oxygens (including phenoxy) is 2. The van der Waals surface area contributed by atoms with Crippen LogP contribution >= 0.6 is 0 Å². The van der Waals surface area contributed by atoms with E-state index in [0.29, 0.717) is 31.7 Å². The summed E-state index contributed by atoms with van der Waals surface area (Å²) in [5, 5.41) is 0. The van der Waals surface area contributed by atoms with Crippen LogP contribution in [0.15, 0.2) is 35.4 Å². The number of hydrogen-bond donors (Lipinski definition) is 0. The maximum Gasteiger partial charge on any atom is 0.416 e. The highest BCUT2D eigenvalue weighted by Gasteiger charge is 2.41. The van der Waals surface area contributed by atoms with Crippen molar-refractivity contribution in [2.45, 2.75) is 63.2 Å². The van der Waals surface area contributed by atoms with Crippen LogP contribution in [0.1, 0.15) is 47.8 Å². The second-order valence-electron chi connectivity index (χ2n) is 11.2. The Hall–Kier alpha value is -2.60. The number of carbonyl (C=O) groups excluding carboxylic acids is 1. The van der Waals surface area contributed by atoms with E-state index in [-0.39, 0.29) is 49.2 Å². The Bertz CT molecular complexity index is 1280. The van der Waals surface area contributed by atoms with Crippen molar-refractivity contribution in [3.8, 4) is 0 Å². The van der Waals surface area contributed by atoms with Gasteiger partial charge in [0.2, 0.25) is 0 Å². The van der Waals surface area contributed by atoms with Crippen molar-refractivity contribution < 1.29 is 27.4 Å². The molecule has 0 radical (unpaired) electrons. The number of fused-ring (bicyclic) bond motifs is 2. The molecule has 0 N–H and O–H groups in total. The lowest BCUT2D eigenvalue weighted by Crippen LogP contribution is -2.42. The summed E-state index contributed by atoms with van der Waals surface area (Å²) in [6, 6.07) is 4.03. The van der Waals surface area contributed by atoms with Crippen molar-refractivity contribution in [1.82, 2.24) is 19.4 Å². The van der Waals surface area contributed by atoms with Gasteiger partial charge in [-0.2, -0.15) is 13.2 Å². The van der Waals surface area contributed by atoms with Crippen molar-refractivity contribution in [2.24, 2.45) is 5.92 Å². The number of carbonyl (C=O) groups is 1. The van der Waals surface area contributed by atoms with Gasteiger partial charge < -0.3 is 14.0 Å². The number of Topliss-reactive ketones (excluding diaryl/α,β-unsaturated/α-hetero) is 1. The molecule has 4 aliphatic rings. The van der Waals surface area contributed by atoms with Crippen molar-refractivity contribution in [2.75, 3.05) is 39.4 Å². The Kier molecular flexibility index (Phi) is 7.34. The summed E-state index contributed by atoms with van der Waals surface area (Å²) in [5.74, 6) is 0.0599. The maximum absolute atomic E-state index is 13.3. The molecule has 11 heteroatoms. The monoisotopic (exact) mass is 546 g/mol. The first-order valence-corrected chi connectivity index (χ1v) is 13.7. The van der Waals surface area contributed by atoms with Gasteiger partial charge in [0.05, 0.1) is 30.9 Å². The van der Waals surface area contributed by atoms with Crippen molar-refractivity contribution in [3.05, 3.63) is 63.3 Å². The van der Waals surface area contributed by atoms with Crippen LogP contribution in [0.2, 0.25) is 0 Å². The molecule has 0 amide bonds. The first-order valence-electron chi connectivity index (χ1n) is 13.7. The molecule has 0 saturated carbocycles. The van der Waals surface area contributed by atoms with Crippen LogP contribution < -0.4 is 5.56 Å². The predicted octanol–water partition coefficient (Wildman–Crippen LogP) is 2.83. The summed E-state index contributed by atoms with van der Waals surface area (Å²) in [6.45, 7) is 3.90. The van der Waals surface area contributed by atoms with Gasteiger partial charge in [-0.3, -0.25) is 24.4 Å². The van der Waals surface area contributed by atoms with Crippen molar-refractivity contribution in [1.29, 1.82) is 0 Å². The fourth-order valence-corrected chi connectivity index (χ4v) is 6.57. The summed E-state index contributed by atoms with van der Waals surface area (Å²) >= 11 is 0. The molecule has 3 unspecified atom stereocenters. The molecule has 2 aromatic heterocycles. The molecule has 0 bridgehead atoms. The van der Waals surface area contributed by atoms with Crippen LogP contribution in [0, 0.1) is 5.92 Å². The third-order valence-electron chi connectivity index (χ3n) is 8.60. The van der Waals surface area contributed by atoms with Gasteiger partial charge in [-0.1, -0.05) is 0 Å². The molecule has 1 aliphatic carbocycles. The average Bonchev–Trinajstić information content (AvgIpc) is 3.65. The lowest BCUT2D eigenvalue weighted by molar-refractivity contribution is -0.138. The van der Waals surface area contributed by atoms with E-state index in [1.54, 1.807) is 6.20 Å². The summed E-state index contributed by atoms with van der Waals surface area (Å²) in [5.41, 5.74) is 1.08. The number of hydrogen-bond acceptors (Lipinski definition) is 7. The highest BCUT2D eigenvalue weighted by molar-refractivity contribution is 5.80. The second kappa shape index (κ2) is 10.8. The van der Waals surface area contributed by atoms with Crippen LogP contribution in [0.5, 0.6) is 0 Å². The molecule has 39 heavy (non-hydrogen) atoms. The highest BCUT2D eigenvalue weighted by atomic mass is 19.4. The van der Waals surface area contributed by atoms with E-state index >= 15 is 0 Å². The molecule has 4 atom stereocenters. The fourth-order valence-electron chi connectivity index (χ4n) is 6.57. The molecule has 2 saturated heterocycles. The number of likely N-dealkylation sites (tertiary alicyclic amines) is 1. The van der Waals surface area contributed by atoms with E-state index in [0.717, 1.165) is 50.6 Å². The molecule has 0 aromatic carbocycles. The molecule has 210 valence electrons. The predicted molar refractivity (Wildman–Crippen MR) is 135 cm³/mol. The summed E-state index contributed by atoms with van der Waals surface area (Å²) in [6.07, 6.45) is 2.14. The molecule has 5 heterocycles. The topological polar surface area (TPSA) is 76.9 Å². The Morgan fingerprint density at radius 3 is 2.85 bits per heavy atom. The smallest absolute Gasteiger partial charge is 0.380 e. The van der Waals surface area contributed by atoms with Gasteiger partial charge in [0, 0.05) is 87.4 Å². The van der Waals surface area contributed by atoms with Crippen molar-refractivity contribution in [3.63, 3.8) is 0 Å². The zero-order valence-electron chi connectivity index (χ0n) is 21.7. The van der Waals surface area contributed by atoms with E-state index in [4.69, 9.17) is 9.47 Å². The highest BCUT2D eigenvalue weighted by Crippen LogP contribution is 2.38. The molecule has 2 aromatic rings. The van der Waals surface area contributed by atoms with E-state index in [1.807, 2.05) is 17.2 Å². The van der Waals surface area contributed by atoms with Crippen molar-refractivity contribution >= 4 is 5.78 Å². The third-order valence-corrected chi connectivity index (χ3v) is 8.60. The third kappa shape index (κ3) is 5.68. The molecular formula is C28H33F3N4O4. The normalized spacial score (nSPS) is 27.6. The van der Waals surface area contributed by atoms with Crippen LogP contribution in [-0.4, -0.2) is 76.7 Å². The minimum atomic E-state index is -4.59.